The van der Waals surface area contributed by atoms with Crippen LogP contribution in [0, 0.1) is 19.3 Å². The maximum Gasteiger partial charge on any atom is 0.240 e. The molecule has 0 fully saturated rings. The number of rotatable bonds is 4. The fourth-order valence-electron chi connectivity index (χ4n) is 1.81. The maximum absolute atomic E-state index is 12.5. The molecule has 2 amide bonds. The number of aromatic nitrogens is 1. The van der Waals surface area contributed by atoms with Crippen molar-refractivity contribution in [1.29, 1.82) is 0 Å². The van der Waals surface area contributed by atoms with E-state index in [9.17, 15) is 9.59 Å². The number of amides is 2. The van der Waals surface area contributed by atoms with E-state index in [1.807, 2.05) is 6.92 Å². The monoisotopic (exact) mass is 335 g/mol. The number of halogens is 1. The van der Waals surface area contributed by atoms with E-state index in [1.54, 1.807) is 31.2 Å². The second-order valence-corrected chi connectivity index (χ2v) is 6.25. The van der Waals surface area contributed by atoms with Crippen molar-refractivity contribution >= 4 is 34.9 Å². The van der Waals surface area contributed by atoms with E-state index in [2.05, 4.69) is 15.8 Å². The molecular formula is C16H18ClN3O3. The summed E-state index contributed by atoms with van der Waals surface area (Å²) >= 11 is 5.94. The summed E-state index contributed by atoms with van der Waals surface area (Å²) in [6.07, 6.45) is 0. The summed E-state index contributed by atoms with van der Waals surface area (Å²) in [5.41, 5.74) is 0.119. The average Bonchev–Trinajstić information content (AvgIpc) is 2.88. The summed E-state index contributed by atoms with van der Waals surface area (Å²) in [5.74, 6) is -0.0898. The van der Waals surface area contributed by atoms with Gasteiger partial charge in [0, 0.05) is 16.8 Å². The van der Waals surface area contributed by atoms with Gasteiger partial charge >= 0.3 is 0 Å². The van der Waals surface area contributed by atoms with Gasteiger partial charge < -0.3 is 15.2 Å². The van der Waals surface area contributed by atoms with Crippen LogP contribution in [-0.2, 0) is 9.59 Å². The van der Waals surface area contributed by atoms with E-state index < -0.39 is 17.2 Å². The van der Waals surface area contributed by atoms with Gasteiger partial charge in [-0.05, 0) is 45.4 Å². The van der Waals surface area contributed by atoms with Crippen LogP contribution >= 0.6 is 11.6 Å². The van der Waals surface area contributed by atoms with Gasteiger partial charge in [0.25, 0.3) is 0 Å². The molecule has 1 aromatic carbocycles. The fraction of sp³-hybridized carbons (Fsp3) is 0.312. The van der Waals surface area contributed by atoms with Crippen molar-refractivity contribution in [3.8, 4) is 0 Å². The number of hydrogen-bond acceptors (Lipinski definition) is 4. The molecule has 0 unspecified atom stereocenters. The van der Waals surface area contributed by atoms with E-state index in [-0.39, 0.29) is 5.82 Å². The van der Waals surface area contributed by atoms with Gasteiger partial charge in [0.1, 0.15) is 11.2 Å². The van der Waals surface area contributed by atoms with Crippen molar-refractivity contribution in [3.63, 3.8) is 0 Å². The third-order valence-corrected chi connectivity index (χ3v) is 3.69. The SMILES string of the molecule is Cc1cc(NC(=O)C(C)(C)C(=O)Nc2cc(Cl)ccc2C)no1. The summed E-state index contributed by atoms with van der Waals surface area (Å²) in [6, 6.07) is 6.75. The van der Waals surface area contributed by atoms with Gasteiger partial charge in [0.05, 0.1) is 0 Å². The molecule has 2 aromatic rings. The lowest BCUT2D eigenvalue weighted by molar-refractivity contribution is -0.135. The Morgan fingerprint density at radius 1 is 1.13 bits per heavy atom. The van der Waals surface area contributed by atoms with Crippen molar-refractivity contribution < 1.29 is 14.1 Å². The molecule has 0 saturated heterocycles. The van der Waals surface area contributed by atoms with Crippen LogP contribution in [0.3, 0.4) is 0 Å². The van der Waals surface area contributed by atoms with Crippen LogP contribution in [0.2, 0.25) is 5.02 Å². The summed E-state index contributed by atoms with van der Waals surface area (Å²) in [7, 11) is 0. The van der Waals surface area contributed by atoms with Gasteiger partial charge in [0.2, 0.25) is 11.8 Å². The van der Waals surface area contributed by atoms with E-state index in [1.165, 1.54) is 13.8 Å². The lowest BCUT2D eigenvalue weighted by atomic mass is 9.90. The van der Waals surface area contributed by atoms with Gasteiger partial charge in [-0.15, -0.1) is 0 Å². The minimum absolute atomic E-state index is 0.271. The summed E-state index contributed by atoms with van der Waals surface area (Å²) in [6.45, 7) is 6.62. The van der Waals surface area contributed by atoms with Crippen molar-refractivity contribution in [2.24, 2.45) is 5.41 Å². The molecule has 1 aromatic heterocycles. The minimum Gasteiger partial charge on any atom is -0.360 e. The van der Waals surface area contributed by atoms with Crippen LogP contribution in [0.1, 0.15) is 25.2 Å². The van der Waals surface area contributed by atoms with Crippen LogP contribution in [-0.4, -0.2) is 17.0 Å². The first-order valence-corrected chi connectivity index (χ1v) is 7.40. The van der Waals surface area contributed by atoms with Crippen LogP contribution in [0.4, 0.5) is 11.5 Å². The fourth-order valence-corrected chi connectivity index (χ4v) is 1.98. The number of carbonyl (C=O) groups excluding carboxylic acids is 2. The Kier molecular flexibility index (Phi) is 4.75. The number of nitrogens with one attached hydrogen (secondary N) is 2. The molecule has 0 aliphatic rings. The predicted molar refractivity (Wildman–Crippen MR) is 88.5 cm³/mol. The first-order valence-electron chi connectivity index (χ1n) is 7.02. The van der Waals surface area contributed by atoms with Gasteiger partial charge in [-0.2, -0.15) is 0 Å². The Morgan fingerprint density at radius 2 is 1.78 bits per heavy atom. The molecule has 2 N–H and O–H groups in total. The normalized spacial score (nSPS) is 11.2. The Bertz CT molecular complexity index is 753. The number of anilines is 2. The number of carbonyl (C=O) groups is 2. The predicted octanol–water partition coefficient (Wildman–Crippen LogP) is 3.55. The first kappa shape index (κ1) is 17.0. The van der Waals surface area contributed by atoms with E-state index in [4.69, 9.17) is 16.1 Å². The molecule has 1 heterocycles. The molecule has 0 aliphatic carbocycles. The zero-order valence-corrected chi connectivity index (χ0v) is 14.1. The lowest BCUT2D eigenvalue weighted by Gasteiger charge is -2.22. The molecule has 0 saturated carbocycles. The third kappa shape index (κ3) is 3.90. The minimum atomic E-state index is -1.30. The van der Waals surface area contributed by atoms with E-state index >= 15 is 0 Å². The lowest BCUT2D eigenvalue weighted by Crippen LogP contribution is -2.41. The van der Waals surface area contributed by atoms with Gasteiger partial charge in [-0.1, -0.05) is 22.8 Å². The zero-order chi connectivity index (χ0) is 17.2. The van der Waals surface area contributed by atoms with Crippen molar-refractivity contribution in [2.45, 2.75) is 27.7 Å². The van der Waals surface area contributed by atoms with E-state index in [0.717, 1.165) is 5.56 Å². The highest BCUT2D eigenvalue weighted by Gasteiger charge is 2.36. The molecule has 0 spiro atoms. The summed E-state index contributed by atoms with van der Waals surface area (Å²) in [4.78, 5) is 24.8. The summed E-state index contributed by atoms with van der Waals surface area (Å²) < 4.78 is 4.88. The molecule has 0 radical (unpaired) electrons. The highest BCUT2D eigenvalue weighted by Crippen LogP contribution is 2.25. The molecular weight excluding hydrogens is 318 g/mol. The van der Waals surface area contributed by atoms with Crippen LogP contribution in [0.15, 0.2) is 28.8 Å². The molecule has 0 bridgehead atoms. The highest BCUT2D eigenvalue weighted by molar-refractivity contribution is 6.31. The Balaban J connectivity index is 2.12. The second kappa shape index (κ2) is 6.42. The number of benzene rings is 1. The number of nitrogens with zero attached hydrogens (tertiary/aromatic N) is 1. The van der Waals surface area contributed by atoms with Crippen molar-refractivity contribution in [3.05, 3.63) is 40.6 Å². The van der Waals surface area contributed by atoms with Crippen molar-refractivity contribution in [1.82, 2.24) is 5.16 Å². The molecule has 23 heavy (non-hydrogen) atoms. The van der Waals surface area contributed by atoms with Gasteiger partial charge in [-0.25, -0.2) is 0 Å². The number of aryl methyl sites for hydroxylation is 2. The van der Waals surface area contributed by atoms with Gasteiger partial charge in [0.15, 0.2) is 5.82 Å². The first-order chi connectivity index (χ1) is 10.7. The quantitative estimate of drug-likeness (QED) is 0.837. The Labute approximate surface area is 139 Å². The largest absolute Gasteiger partial charge is 0.360 e. The smallest absolute Gasteiger partial charge is 0.240 e. The molecule has 0 atom stereocenters. The summed E-state index contributed by atoms with van der Waals surface area (Å²) in [5, 5.41) is 9.49. The molecule has 6 nitrogen and oxygen atoms in total. The molecule has 7 heteroatoms. The van der Waals surface area contributed by atoms with Crippen LogP contribution in [0.5, 0.6) is 0 Å². The second-order valence-electron chi connectivity index (χ2n) is 5.82. The number of hydrogen-bond donors (Lipinski definition) is 2. The molecule has 0 aliphatic heterocycles. The van der Waals surface area contributed by atoms with Crippen LogP contribution < -0.4 is 10.6 Å². The molecule has 2 rings (SSSR count). The van der Waals surface area contributed by atoms with Gasteiger partial charge in [-0.3, -0.25) is 9.59 Å². The Hall–Kier alpha value is -2.34. The van der Waals surface area contributed by atoms with Crippen LogP contribution in [0.25, 0.3) is 0 Å². The standard InChI is InChI=1S/C16H18ClN3O3/c1-9-5-6-11(17)8-12(9)18-14(21)16(3,4)15(22)19-13-7-10(2)23-20-13/h5-8H,1-4H3,(H,18,21)(H,19,20,22). The Morgan fingerprint density at radius 3 is 2.39 bits per heavy atom. The topological polar surface area (TPSA) is 84.2 Å². The zero-order valence-electron chi connectivity index (χ0n) is 13.4. The van der Waals surface area contributed by atoms with E-state index in [0.29, 0.717) is 16.5 Å². The third-order valence-electron chi connectivity index (χ3n) is 3.45. The highest BCUT2D eigenvalue weighted by atomic mass is 35.5. The maximum atomic E-state index is 12.5. The average molecular weight is 336 g/mol. The molecule has 122 valence electrons. The van der Waals surface area contributed by atoms with Crippen molar-refractivity contribution in [2.75, 3.05) is 10.6 Å².